The van der Waals surface area contributed by atoms with Crippen LogP contribution in [-0.4, -0.2) is 31.6 Å². The van der Waals surface area contributed by atoms with Gasteiger partial charge in [-0.1, -0.05) is 6.07 Å². The fraction of sp³-hybridized carbons (Fsp3) is 0.304. The fourth-order valence-corrected chi connectivity index (χ4v) is 3.30. The average molecular weight is 410 g/mol. The highest BCUT2D eigenvalue weighted by Crippen LogP contribution is 2.35. The molecule has 0 bridgehead atoms. The third kappa shape index (κ3) is 5.53. The molecule has 0 saturated carbocycles. The highest BCUT2D eigenvalue weighted by Gasteiger charge is 2.21. The summed E-state index contributed by atoms with van der Waals surface area (Å²) in [7, 11) is 1.58. The standard InChI is InChI=1S/C23H26N2O5/c1-14-7-15(2)9-19(8-14)29-13-23(27)25-24-22(26)6-5-17-11-21-18(10-16(3)30-21)12-20(17)28-4/h5-9,11-12,16H,10,13H2,1-4H3,(H,24,26)(H,25,27)/b6-5+/t16-/m0/s1. The van der Waals surface area contributed by atoms with Crippen LogP contribution >= 0.6 is 0 Å². The van der Waals surface area contributed by atoms with Gasteiger partial charge in [-0.25, -0.2) is 0 Å². The van der Waals surface area contributed by atoms with Gasteiger partial charge in [0.15, 0.2) is 6.61 Å². The van der Waals surface area contributed by atoms with Crippen molar-refractivity contribution in [2.24, 2.45) is 0 Å². The van der Waals surface area contributed by atoms with Crippen molar-refractivity contribution in [3.63, 3.8) is 0 Å². The van der Waals surface area contributed by atoms with Crippen LogP contribution in [0.4, 0.5) is 0 Å². The normalized spacial score (nSPS) is 14.7. The summed E-state index contributed by atoms with van der Waals surface area (Å²) in [5, 5.41) is 0. The number of ether oxygens (including phenoxy) is 3. The van der Waals surface area contributed by atoms with E-state index < -0.39 is 11.8 Å². The molecule has 2 amide bonds. The summed E-state index contributed by atoms with van der Waals surface area (Å²) in [5.74, 6) is 1.11. The van der Waals surface area contributed by atoms with Crippen LogP contribution in [0.5, 0.6) is 17.2 Å². The van der Waals surface area contributed by atoms with Crippen molar-refractivity contribution in [1.29, 1.82) is 0 Å². The van der Waals surface area contributed by atoms with Crippen molar-refractivity contribution in [2.45, 2.75) is 33.3 Å². The highest BCUT2D eigenvalue weighted by molar-refractivity contribution is 5.93. The molecule has 2 aromatic carbocycles. The minimum Gasteiger partial charge on any atom is -0.496 e. The molecule has 0 saturated heterocycles. The van der Waals surface area contributed by atoms with E-state index in [4.69, 9.17) is 14.2 Å². The number of nitrogens with one attached hydrogen (secondary N) is 2. The third-order valence-electron chi connectivity index (χ3n) is 4.55. The molecule has 0 spiro atoms. The second kappa shape index (κ2) is 9.35. The van der Waals surface area contributed by atoms with Crippen molar-refractivity contribution < 1.29 is 23.8 Å². The first kappa shape index (κ1) is 21.2. The zero-order valence-corrected chi connectivity index (χ0v) is 17.6. The Morgan fingerprint density at radius 2 is 1.87 bits per heavy atom. The van der Waals surface area contributed by atoms with Gasteiger partial charge in [-0.15, -0.1) is 0 Å². The number of carbonyl (C=O) groups is 2. The Morgan fingerprint density at radius 1 is 1.13 bits per heavy atom. The molecule has 0 unspecified atom stereocenters. The van der Waals surface area contributed by atoms with E-state index in [9.17, 15) is 9.59 Å². The topological polar surface area (TPSA) is 85.9 Å². The lowest BCUT2D eigenvalue weighted by Crippen LogP contribution is -2.43. The van der Waals surface area contributed by atoms with Crippen molar-refractivity contribution in [3.8, 4) is 17.2 Å². The van der Waals surface area contributed by atoms with Crippen LogP contribution in [0.1, 0.15) is 29.2 Å². The van der Waals surface area contributed by atoms with Crippen molar-refractivity contribution in [1.82, 2.24) is 10.9 Å². The van der Waals surface area contributed by atoms with Crippen LogP contribution in [0.3, 0.4) is 0 Å². The van der Waals surface area contributed by atoms with Gasteiger partial charge in [-0.2, -0.15) is 0 Å². The smallest absolute Gasteiger partial charge is 0.276 e. The fourth-order valence-electron chi connectivity index (χ4n) is 3.30. The Morgan fingerprint density at radius 3 is 2.57 bits per heavy atom. The molecule has 1 atom stereocenters. The maximum Gasteiger partial charge on any atom is 0.276 e. The van der Waals surface area contributed by atoms with E-state index in [0.717, 1.165) is 28.9 Å². The number of amides is 2. The second-order valence-corrected chi connectivity index (χ2v) is 7.32. The van der Waals surface area contributed by atoms with Crippen LogP contribution < -0.4 is 25.1 Å². The average Bonchev–Trinajstić information content (AvgIpc) is 3.06. The van der Waals surface area contributed by atoms with Crippen molar-refractivity contribution in [3.05, 3.63) is 58.7 Å². The van der Waals surface area contributed by atoms with Gasteiger partial charge in [0.05, 0.1) is 7.11 Å². The summed E-state index contributed by atoms with van der Waals surface area (Å²) in [4.78, 5) is 24.0. The molecule has 30 heavy (non-hydrogen) atoms. The van der Waals surface area contributed by atoms with E-state index in [0.29, 0.717) is 17.1 Å². The Bertz CT molecular complexity index is 964. The molecule has 0 aromatic heterocycles. The molecule has 7 heteroatoms. The summed E-state index contributed by atoms with van der Waals surface area (Å²) in [6.45, 7) is 5.70. The maximum absolute atomic E-state index is 12.0. The number of fused-ring (bicyclic) bond motifs is 1. The first-order chi connectivity index (χ1) is 14.3. The lowest BCUT2D eigenvalue weighted by molar-refractivity contribution is -0.128. The van der Waals surface area contributed by atoms with Gasteiger partial charge < -0.3 is 14.2 Å². The van der Waals surface area contributed by atoms with Crippen LogP contribution in [0, 0.1) is 13.8 Å². The van der Waals surface area contributed by atoms with Crippen LogP contribution in [-0.2, 0) is 16.0 Å². The van der Waals surface area contributed by atoms with Gasteiger partial charge in [0.2, 0.25) is 0 Å². The number of carbonyl (C=O) groups excluding carboxylic acids is 2. The van der Waals surface area contributed by atoms with E-state index in [-0.39, 0.29) is 12.7 Å². The number of hydrazine groups is 1. The molecule has 1 heterocycles. The second-order valence-electron chi connectivity index (χ2n) is 7.32. The molecule has 7 nitrogen and oxygen atoms in total. The Labute approximate surface area is 176 Å². The van der Waals surface area contributed by atoms with Crippen molar-refractivity contribution in [2.75, 3.05) is 13.7 Å². The predicted octanol–water partition coefficient (Wildman–Crippen LogP) is 2.88. The van der Waals surface area contributed by atoms with E-state index in [1.807, 2.05) is 51.1 Å². The Balaban J connectivity index is 1.51. The largest absolute Gasteiger partial charge is 0.496 e. The summed E-state index contributed by atoms with van der Waals surface area (Å²) in [6.07, 6.45) is 3.87. The summed E-state index contributed by atoms with van der Waals surface area (Å²) >= 11 is 0. The number of benzene rings is 2. The SMILES string of the molecule is COc1cc2c(cc1/C=C/C(=O)NNC(=O)COc1cc(C)cc(C)c1)O[C@@H](C)C2. The minimum atomic E-state index is -0.480. The Kier molecular flexibility index (Phi) is 6.61. The van der Waals surface area contributed by atoms with Crippen LogP contribution in [0.15, 0.2) is 36.4 Å². The van der Waals surface area contributed by atoms with Gasteiger partial charge in [-0.3, -0.25) is 20.4 Å². The maximum atomic E-state index is 12.0. The number of hydrogen-bond acceptors (Lipinski definition) is 5. The zero-order chi connectivity index (χ0) is 21.7. The molecule has 0 radical (unpaired) electrons. The number of rotatable bonds is 6. The summed E-state index contributed by atoms with van der Waals surface area (Å²) in [6, 6.07) is 9.47. The molecule has 0 aliphatic carbocycles. The van der Waals surface area contributed by atoms with E-state index in [1.165, 1.54) is 6.08 Å². The molecule has 1 aliphatic rings. The summed E-state index contributed by atoms with van der Waals surface area (Å²) in [5.41, 5.74) is 8.54. The lowest BCUT2D eigenvalue weighted by Gasteiger charge is -2.09. The van der Waals surface area contributed by atoms with Gasteiger partial charge >= 0.3 is 0 Å². The minimum absolute atomic E-state index is 0.119. The zero-order valence-electron chi connectivity index (χ0n) is 17.6. The number of hydrogen-bond donors (Lipinski definition) is 2. The van der Waals surface area contributed by atoms with E-state index in [2.05, 4.69) is 10.9 Å². The third-order valence-corrected chi connectivity index (χ3v) is 4.55. The quantitative estimate of drug-likeness (QED) is 0.565. The molecule has 0 fully saturated rings. The molecule has 158 valence electrons. The van der Waals surface area contributed by atoms with Crippen LogP contribution in [0.25, 0.3) is 6.08 Å². The summed E-state index contributed by atoms with van der Waals surface area (Å²) < 4.78 is 16.6. The first-order valence-corrected chi connectivity index (χ1v) is 9.69. The van der Waals surface area contributed by atoms with Gasteiger partial charge in [0.25, 0.3) is 11.8 Å². The molecule has 3 rings (SSSR count). The van der Waals surface area contributed by atoms with E-state index in [1.54, 1.807) is 13.2 Å². The molecule has 2 aromatic rings. The molecule has 2 N–H and O–H groups in total. The molecule has 1 aliphatic heterocycles. The molecular formula is C23H26N2O5. The predicted molar refractivity (Wildman–Crippen MR) is 114 cm³/mol. The highest BCUT2D eigenvalue weighted by atomic mass is 16.5. The number of methoxy groups -OCH3 is 1. The lowest BCUT2D eigenvalue weighted by atomic mass is 10.1. The van der Waals surface area contributed by atoms with Crippen LogP contribution in [0.2, 0.25) is 0 Å². The number of aryl methyl sites for hydroxylation is 2. The van der Waals surface area contributed by atoms with Gasteiger partial charge in [0, 0.05) is 23.6 Å². The first-order valence-electron chi connectivity index (χ1n) is 9.69. The molecular weight excluding hydrogens is 384 g/mol. The van der Waals surface area contributed by atoms with Gasteiger partial charge in [0.1, 0.15) is 23.4 Å². The van der Waals surface area contributed by atoms with E-state index >= 15 is 0 Å². The monoisotopic (exact) mass is 410 g/mol. The Hall–Kier alpha value is -3.48. The van der Waals surface area contributed by atoms with Crippen molar-refractivity contribution >= 4 is 17.9 Å². The van der Waals surface area contributed by atoms with Gasteiger partial charge in [-0.05, 0) is 62.2 Å².